The lowest BCUT2D eigenvalue weighted by atomic mass is 9.75. The summed E-state index contributed by atoms with van der Waals surface area (Å²) in [5.41, 5.74) is 5.71. The van der Waals surface area contributed by atoms with E-state index in [-0.39, 0.29) is 11.0 Å². The first-order chi connectivity index (χ1) is 12.8. The molecule has 0 atom stereocenters. The molecule has 0 bridgehead atoms. The molecular weight excluding hydrogens is 336 g/mol. The number of rotatable bonds is 2. The highest BCUT2D eigenvalue weighted by Gasteiger charge is 2.41. The Bertz CT molecular complexity index is 1010. The molecule has 4 rings (SSSR count). The number of nitrogens with zero attached hydrogens (tertiary/aromatic N) is 2. The van der Waals surface area contributed by atoms with Crippen molar-refractivity contribution in [2.45, 2.75) is 45.1 Å². The van der Waals surface area contributed by atoms with E-state index in [1.807, 2.05) is 24.3 Å². The summed E-state index contributed by atoms with van der Waals surface area (Å²) in [6.07, 6.45) is 0.801. The zero-order valence-electron chi connectivity index (χ0n) is 16.5. The van der Waals surface area contributed by atoms with Gasteiger partial charge in [0.1, 0.15) is 5.60 Å². The molecule has 2 aliphatic heterocycles. The molecule has 0 radical (unpaired) electrons. The zero-order valence-corrected chi connectivity index (χ0v) is 16.5. The van der Waals surface area contributed by atoms with Crippen LogP contribution in [0.2, 0.25) is 0 Å². The number of benzene rings is 2. The molecule has 2 aromatic carbocycles. The zero-order chi connectivity index (χ0) is 19.4. The number of hydrogen-bond acceptors (Lipinski definition) is 4. The summed E-state index contributed by atoms with van der Waals surface area (Å²) in [4.78, 5) is 4.96. The topological polar surface area (TPSA) is 54.6 Å². The number of methoxy groups -OCH3 is 1. The molecule has 0 spiro atoms. The predicted octanol–water partition coefficient (Wildman–Crippen LogP) is 4.41. The Kier molecular flexibility index (Phi) is 3.82. The van der Waals surface area contributed by atoms with Gasteiger partial charge in [0.05, 0.1) is 24.5 Å². The van der Waals surface area contributed by atoms with E-state index in [1.54, 1.807) is 7.11 Å². The molecule has 138 valence electrons. The fraction of sp³-hybridized carbons (Fsp3) is 0.391. The summed E-state index contributed by atoms with van der Waals surface area (Å²) < 4.78 is 11.9. The van der Waals surface area contributed by atoms with Gasteiger partial charge in [-0.2, -0.15) is 5.26 Å². The standard InChI is InChI=1S/C23H24N2O2/c1-22(2)13-25-20(15-8-6-7-14(9-15)12-24)19-16-11-23(3,4)27-21(16)18(26-5)10-17(19)22/h6-10H,11,13H2,1-5H3. The quantitative estimate of drug-likeness (QED) is 0.797. The van der Waals surface area contributed by atoms with E-state index in [0.29, 0.717) is 12.1 Å². The van der Waals surface area contributed by atoms with Crippen LogP contribution in [0.5, 0.6) is 11.5 Å². The number of fused-ring (bicyclic) bond motifs is 3. The molecule has 0 aliphatic carbocycles. The van der Waals surface area contributed by atoms with Gasteiger partial charge < -0.3 is 9.47 Å². The Morgan fingerprint density at radius 1 is 1.19 bits per heavy atom. The molecule has 0 saturated carbocycles. The van der Waals surface area contributed by atoms with Crippen molar-refractivity contribution in [1.82, 2.24) is 0 Å². The molecule has 2 heterocycles. The molecule has 0 unspecified atom stereocenters. The third-order valence-corrected chi connectivity index (χ3v) is 5.41. The summed E-state index contributed by atoms with van der Waals surface area (Å²) in [5, 5.41) is 9.30. The van der Waals surface area contributed by atoms with Crippen molar-refractivity contribution >= 4 is 5.71 Å². The Labute approximate surface area is 160 Å². The highest BCUT2D eigenvalue weighted by molar-refractivity contribution is 6.16. The van der Waals surface area contributed by atoms with Crippen LogP contribution in [0, 0.1) is 11.3 Å². The van der Waals surface area contributed by atoms with Gasteiger partial charge in [0.25, 0.3) is 0 Å². The molecule has 0 amide bonds. The molecule has 4 nitrogen and oxygen atoms in total. The fourth-order valence-electron chi connectivity index (χ4n) is 4.08. The minimum atomic E-state index is -0.286. The summed E-state index contributed by atoms with van der Waals surface area (Å²) >= 11 is 0. The first-order valence-electron chi connectivity index (χ1n) is 9.24. The second kappa shape index (κ2) is 5.85. The summed E-state index contributed by atoms with van der Waals surface area (Å²) in [6, 6.07) is 12.0. The average Bonchev–Trinajstić information content (AvgIpc) is 2.96. The minimum absolute atomic E-state index is 0.0965. The van der Waals surface area contributed by atoms with Crippen molar-refractivity contribution in [3.05, 3.63) is 58.1 Å². The first kappa shape index (κ1) is 17.6. The second-order valence-electron chi connectivity index (χ2n) is 8.59. The Morgan fingerprint density at radius 3 is 2.67 bits per heavy atom. The van der Waals surface area contributed by atoms with Gasteiger partial charge in [-0.05, 0) is 37.6 Å². The van der Waals surface area contributed by atoms with E-state index < -0.39 is 0 Å². The number of ether oxygens (including phenoxy) is 2. The lowest BCUT2D eigenvalue weighted by Crippen LogP contribution is -2.31. The number of nitriles is 1. The molecule has 0 fully saturated rings. The predicted molar refractivity (Wildman–Crippen MR) is 106 cm³/mol. The van der Waals surface area contributed by atoms with E-state index >= 15 is 0 Å². The maximum atomic E-state index is 9.30. The lowest BCUT2D eigenvalue weighted by Gasteiger charge is -2.33. The van der Waals surface area contributed by atoms with E-state index in [9.17, 15) is 5.26 Å². The van der Waals surface area contributed by atoms with E-state index in [1.165, 1.54) is 5.56 Å². The summed E-state index contributed by atoms with van der Waals surface area (Å²) in [5.74, 6) is 1.61. The van der Waals surface area contributed by atoms with Crippen molar-refractivity contribution in [2.24, 2.45) is 4.99 Å². The molecule has 0 aromatic heterocycles. The Balaban J connectivity index is 2.00. The minimum Gasteiger partial charge on any atom is -0.493 e. The molecule has 0 N–H and O–H groups in total. The van der Waals surface area contributed by atoms with Crippen LogP contribution in [0.4, 0.5) is 0 Å². The first-order valence-corrected chi connectivity index (χ1v) is 9.24. The smallest absolute Gasteiger partial charge is 0.166 e. The average molecular weight is 360 g/mol. The summed E-state index contributed by atoms with van der Waals surface area (Å²) in [7, 11) is 1.69. The third-order valence-electron chi connectivity index (χ3n) is 5.41. The Morgan fingerprint density at radius 2 is 1.96 bits per heavy atom. The van der Waals surface area contributed by atoms with Gasteiger partial charge in [-0.25, -0.2) is 0 Å². The van der Waals surface area contributed by atoms with Gasteiger partial charge in [0.15, 0.2) is 11.5 Å². The lowest BCUT2D eigenvalue weighted by molar-refractivity contribution is 0.134. The molecule has 2 aromatic rings. The van der Waals surface area contributed by atoms with E-state index in [0.717, 1.165) is 40.3 Å². The van der Waals surface area contributed by atoms with Gasteiger partial charge in [0.2, 0.25) is 0 Å². The van der Waals surface area contributed by atoms with Crippen LogP contribution in [-0.4, -0.2) is 25.0 Å². The van der Waals surface area contributed by atoms with Crippen LogP contribution < -0.4 is 9.47 Å². The van der Waals surface area contributed by atoms with Gasteiger partial charge in [-0.1, -0.05) is 26.0 Å². The van der Waals surface area contributed by atoms with Crippen molar-refractivity contribution in [2.75, 3.05) is 13.7 Å². The molecule has 27 heavy (non-hydrogen) atoms. The van der Waals surface area contributed by atoms with Crippen LogP contribution in [0.25, 0.3) is 0 Å². The highest BCUT2D eigenvalue weighted by atomic mass is 16.5. The van der Waals surface area contributed by atoms with Crippen LogP contribution in [0.1, 0.15) is 55.5 Å². The SMILES string of the molecule is COc1cc2c(c3c1OC(C)(C)C3)C(c1cccc(C#N)c1)=NCC2(C)C. The van der Waals surface area contributed by atoms with Crippen LogP contribution in [-0.2, 0) is 11.8 Å². The maximum Gasteiger partial charge on any atom is 0.166 e. The molecule has 0 saturated heterocycles. The van der Waals surface area contributed by atoms with Crippen molar-refractivity contribution in [3.63, 3.8) is 0 Å². The summed E-state index contributed by atoms with van der Waals surface area (Å²) in [6.45, 7) is 9.31. The van der Waals surface area contributed by atoms with E-state index in [2.05, 4.69) is 39.8 Å². The fourth-order valence-corrected chi connectivity index (χ4v) is 4.08. The van der Waals surface area contributed by atoms with E-state index in [4.69, 9.17) is 14.5 Å². The van der Waals surface area contributed by atoms with Crippen molar-refractivity contribution in [3.8, 4) is 17.6 Å². The van der Waals surface area contributed by atoms with Crippen LogP contribution in [0.3, 0.4) is 0 Å². The second-order valence-corrected chi connectivity index (χ2v) is 8.59. The number of aliphatic imine (C=N–C) groups is 1. The third kappa shape index (κ3) is 2.78. The molecule has 4 heteroatoms. The van der Waals surface area contributed by atoms with Crippen molar-refractivity contribution in [1.29, 1.82) is 5.26 Å². The number of hydrogen-bond donors (Lipinski definition) is 0. The monoisotopic (exact) mass is 360 g/mol. The Hall–Kier alpha value is -2.80. The largest absolute Gasteiger partial charge is 0.493 e. The maximum absolute atomic E-state index is 9.30. The molecular formula is C23H24N2O2. The van der Waals surface area contributed by atoms with Crippen LogP contribution >= 0.6 is 0 Å². The highest BCUT2D eigenvalue weighted by Crippen LogP contribution is 2.49. The van der Waals surface area contributed by atoms with Gasteiger partial charge >= 0.3 is 0 Å². The molecule has 2 aliphatic rings. The normalized spacial score (nSPS) is 18.6. The van der Waals surface area contributed by atoms with Gasteiger partial charge in [-0.15, -0.1) is 0 Å². The van der Waals surface area contributed by atoms with Gasteiger partial charge in [0, 0.05) is 35.1 Å². The van der Waals surface area contributed by atoms with Gasteiger partial charge in [-0.3, -0.25) is 4.99 Å². The van der Waals surface area contributed by atoms with Crippen molar-refractivity contribution < 1.29 is 9.47 Å². The van der Waals surface area contributed by atoms with Crippen LogP contribution in [0.15, 0.2) is 35.3 Å².